The van der Waals surface area contributed by atoms with Crippen LogP contribution < -0.4 is 0 Å². The van der Waals surface area contributed by atoms with Crippen molar-refractivity contribution in [2.75, 3.05) is 6.61 Å². The molecule has 1 saturated carbocycles. The third-order valence-electron chi connectivity index (χ3n) is 6.49. The summed E-state index contributed by atoms with van der Waals surface area (Å²) in [5, 5.41) is 9.16. The molecular weight excluding hydrogens is 296 g/mol. The van der Waals surface area contributed by atoms with Crippen molar-refractivity contribution in [1.29, 1.82) is 0 Å². The zero-order valence-electron chi connectivity index (χ0n) is 14.3. The number of aliphatic hydroxyl groups excluding tert-OH is 1. The lowest BCUT2D eigenvalue weighted by atomic mass is 9.59. The van der Waals surface area contributed by atoms with Crippen molar-refractivity contribution >= 4 is 0 Å². The summed E-state index contributed by atoms with van der Waals surface area (Å²) in [7, 11) is 0. The average Bonchev–Trinajstić information content (AvgIpc) is 2.76. The first kappa shape index (κ1) is 15.9. The molecule has 4 aliphatic heterocycles. The molecule has 5 nitrogen and oxygen atoms in total. The molecule has 1 N–H and O–H groups in total. The van der Waals surface area contributed by atoms with Gasteiger partial charge in [-0.25, -0.2) is 9.78 Å². The van der Waals surface area contributed by atoms with Crippen LogP contribution in [0.4, 0.5) is 0 Å². The van der Waals surface area contributed by atoms with E-state index in [4.69, 9.17) is 24.4 Å². The van der Waals surface area contributed by atoms with E-state index in [-0.39, 0.29) is 12.5 Å². The number of allylic oxidation sites excluding steroid dienone is 1. The molecule has 4 fully saturated rings. The third-order valence-corrected chi connectivity index (χ3v) is 6.49. The number of aliphatic hydroxyl groups is 1. The van der Waals surface area contributed by atoms with Crippen molar-refractivity contribution in [2.24, 2.45) is 17.8 Å². The minimum atomic E-state index is -0.717. The summed E-state index contributed by atoms with van der Waals surface area (Å²) in [6.45, 7) is 6.59. The van der Waals surface area contributed by atoms with Crippen LogP contribution in [0.5, 0.6) is 0 Å². The predicted octanol–water partition coefficient (Wildman–Crippen LogP) is 3.28. The van der Waals surface area contributed by atoms with Gasteiger partial charge in [-0.3, -0.25) is 0 Å². The molecule has 6 atom stereocenters. The summed E-state index contributed by atoms with van der Waals surface area (Å²) < 4.78 is 12.6. The van der Waals surface area contributed by atoms with Crippen LogP contribution in [0.2, 0.25) is 0 Å². The van der Waals surface area contributed by atoms with Crippen molar-refractivity contribution in [3.8, 4) is 0 Å². The van der Waals surface area contributed by atoms with Crippen molar-refractivity contribution in [1.82, 2.24) is 0 Å². The molecule has 0 radical (unpaired) electrons. The fraction of sp³-hybridized carbons (Fsp3) is 0.889. The number of rotatable bonds is 3. The summed E-state index contributed by atoms with van der Waals surface area (Å²) in [5.41, 5.74) is 0.741. The van der Waals surface area contributed by atoms with E-state index in [0.29, 0.717) is 18.3 Å². The van der Waals surface area contributed by atoms with Gasteiger partial charge in [0.2, 0.25) is 12.1 Å². The summed E-state index contributed by atoms with van der Waals surface area (Å²) in [6, 6.07) is 0. The van der Waals surface area contributed by atoms with Gasteiger partial charge in [0, 0.05) is 31.3 Å². The normalized spacial score (nSPS) is 48.7. The van der Waals surface area contributed by atoms with Crippen LogP contribution in [0.1, 0.15) is 59.3 Å². The molecule has 0 unspecified atom stereocenters. The molecule has 130 valence electrons. The lowest BCUT2D eigenvalue weighted by molar-refractivity contribution is -0.556. The van der Waals surface area contributed by atoms with E-state index in [1.165, 1.54) is 12.0 Å². The van der Waals surface area contributed by atoms with Gasteiger partial charge in [0.05, 0.1) is 5.76 Å². The van der Waals surface area contributed by atoms with Gasteiger partial charge < -0.3 is 14.6 Å². The summed E-state index contributed by atoms with van der Waals surface area (Å²) in [5.74, 6) is 1.51. The molecule has 0 aromatic rings. The first-order chi connectivity index (χ1) is 11.0. The predicted molar refractivity (Wildman–Crippen MR) is 82.9 cm³/mol. The van der Waals surface area contributed by atoms with Crippen molar-refractivity contribution in [3.63, 3.8) is 0 Å². The number of ether oxygens (including phenoxy) is 2. The van der Waals surface area contributed by atoms with Gasteiger partial charge in [0.25, 0.3) is 0 Å². The second kappa shape index (κ2) is 5.45. The van der Waals surface area contributed by atoms with Crippen molar-refractivity contribution in [2.45, 2.75) is 77.0 Å². The molecule has 0 aromatic heterocycles. The Hall–Kier alpha value is -0.620. The smallest absolute Gasteiger partial charge is 0.235 e. The first-order valence-corrected chi connectivity index (χ1v) is 9.02. The quantitative estimate of drug-likeness (QED) is 0.807. The molecule has 2 bridgehead atoms. The molecule has 0 amide bonds. The Labute approximate surface area is 137 Å². The Morgan fingerprint density at radius 1 is 1.22 bits per heavy atom. The van der Waals surface area contributed by atoms with Crippen LogP contribution in [-0.4, -0.2) is 29.4 Å². The summed E-state index contributed by atoms with van der Waals surface area (Å²) in [6.07, 6.45) is 5.23. The number of fused-ring (bicyclic) bond motifs is 2. The second-order valence-corrected chi connectivity index (χ2v) is 7.91. The van der Waals surface area contributed by atoms with E-state index in [2.05, 4.69) is 13.8 Å². The van der Waals surface area contributed by atoms with Gasteiger partial charge in [-0.15, -0.1) is 0 Å². The lowest BCUT2D eigenvalue weighted by Crippen LogP contribution is -2.66. The maximum Gasteiger partial charge on any atom is 0.235 e. The highest BCUT2D eigenvalue weighted by Crippen LogP contribution is 2.60. The monoisotopic (exact) mass is 324 g/mol. The van der Waals surface area contributed by atoms with Gasteiger partial charge in [0.15, 0.2) is 5.60 Å². The molecule has 1 aliphatic carbocycles. The van der Waals surface area contributed by atoms with Crippen molar-refractivity contribution < 1.29 is 24.4 Å². The SMILES string of the molecule is CC1=C(CCCO)O[C@@H]2O[C@]3(C)CC[C@H]4[C@H](C)CC[C@@H]1[C@@]24OO3. The van der Waals surface area contributed by atoms with E-state index < -0.39 is 17.7 Å². The van der Waals surface area contributed by atoms with Gasteiger partial charge in [-0.1, -0.05) is 6.92 Å². The van der Waals surface area contributed by atoms with Gasteiger partial charge in [0.1, 0.15) is 0 Å². The minimum Gasteiger partial charge on any atom is -0.466 e. The summed E-state index contributed by atoms with van der Waals surface area (Å²) >= 11 is 0. The Morgan fingerprint density at radius 3 is 2.83 bits per heavy atom. The molecule has 5 rings (SSSR count). The van der Waals surface area contributed by atoms with Crippen LogP contribution in [0, 0.1) is 17.8 Å². The summed E-state index contributed by atoms with van der Waals surface area (Å²) in [4.78, 5) is 11.9. The zero-order valence-corrected chi connectivity index (χ0v) is 14.3. The topological polar surface area (TPSA) is 57.2 Å². The minimum absolute atomic E-state index is 0.179. The Morgan fingerprint density at radius 2 is 2.04 bits per heavy atom. The van der Waals surface area contributed by atoms with Gasteiger partial charge >= 0.3 is 0 Å². The highest BCUT2D eigenvalue weighted by Gasteiger charge is 2.68. The standard InChI is InChI=1S/C18H28O5/c1-11-6-7-14-12(2)15(5-4-10-19)20-16-18(14)13(11)8-9-17(3,21-16)22-23-18/h11,13-14,16,19H,4-10H2,1-3H3/t11-,13+,14+,16-,17+,18-/m1/s1. The maximum absolute atomic E-state index is 9.16. The molecular formula is C18H28O5. The van der Waals surface area contributed by atoms with E-state index in [1.807, 2.05) is 6.92 Å². The molecule has 23 heavy (non-hydrogen) atoms. The van der Waals surface area contributed by atoms with Crippen LogP contribution in [-0.2, 0) is 19.2 Å². The highest BCUT2D eigenvalue weighted by molar-refractivity contribution is 5.24. The van der Waals surface area contributed by atoms with Gasteiger partial charge in [-0.05, 0) is 51.0 Å². The highest BCUT2D eigenvalue weighted by atomic mass is 17.3. The largest absolute Gasteiger partial charge is 0.466 e. The van der Waals surface area contributed by atoms with Crippen LogP contribution in [0.25, 0.3) is 0 Å². The van der Waals surface area contributed by atoms with Crippen LogP contribution >= 0.6 is 0 Å². The maximum atomic E-state index is 9.16. The first-order valence-electron chi connectivity index (χ1n) is 9.02. The molecule has 0 aromatic carbocycles. The molecule has 1 spiro atoms. The van der Waals surface area contributed by atoms with E-state index in [9.17, 15) is 0 Å². The average molecular weight is 324 g/mol. The second-order valence-electron chi connectivity index (χ2n) is 7.91. The number of hydrogen-bond donors (Lipinski definition) is 1. The van der Waals surface area contributed by atoms with E-state index >= 15 is 0 Å². The molecule has 4 heterocycles. The van der Waals surface area contributed by atoms with Crippen molar-refractivity contribution in [3.05, 3.63) is 11.3 Å². The van der Waals surface area contributed by atoms with Crippen LogP contribution in [0.3, 0.4) is 0 Å². The Kier molecular flexibility index (Phi) is 3.76. The molecule has 5 aliphatic rings. The number of hydrogen-bond acceptors (Lipinski definition) is 5. The Balaban J connectivity index is 1.77. The third kappa shape index (κ3) is 2.20. The van der Waals surface area contributed by atoms with E-state index in [1.54, 1.807) is 0 Å². The molecule has 3 saturated heterocycles. The molecule has 5 heteroatoms. The zero-order chi connectivity index (χ0) is 16.2. The fourth-order valence-electron chi connectivity index (χ4n) is 5.17. The van der Waals surface area contributed by atoms with Crippen LogP contribution in [0.15, 0.2) is 11.3 Å². The van der Waals surface area contributed by atoms with Gasteiger partial charge in [-0.2, -0.15) is 0 Å². The Bertz CT molecular complexity index is 518. The fourth-order valence-corrected chi connectivity index (χ4v) is 5.17. The lowest BCUT2D eigenvalue weighted by Gasteiger charge is -2.57. The van der Waals surface area contributed by atoms with E-state index in [0.717, 1.165) is 31.4 Å².